The lowest BCUT2D eigenvalue weighted by Crippen LogP contribution is -2.24. The Bertz CT molecular complexity index is 5080. The first-order valence-electron chi connectivity index (χ1n) is 27.9. The van der Waals surface area contributed by atoms with Gasteiger partial charge in [-0.3, -0.25) is 0 Å². The molecule has 0 spiro atoms. The second-order valence-electron chi connectivity index (χ2n) is 23.4. The fourth-order valence-corrected chi connectivity index (χ4v) is 15.1. The first-order chi connectivity index (χ1) is 38.7. The molecule has 2 aliphatic carbocycles. The summed E-state index contributed by atoms with van der Waals surface area (Å²) in [5.74, 6) is 0. The van der Waals surface area contributed by atoms with E-state index in [-0.39, 0.29) is 10.8 Å². The summed E-state index contributed by atoms with van der Waals surface area (Å²) in [5.41, 5.74) is 21.8. The number of rotatable bonds is 4. The number of para-hydroxylation sites is 1. The Hall–Kier alpha value is -9.56. The summed E-state index contributed by atoms with van der Waals surface area (Å²) in [6.07, 6.45) is 0. The van der Waals surface area contributed by atoms with Crippen LogP contribution in [0, 0.1) is 0 Å². The van der Waals surface area contributed by atoms with E-state index in [1.807, 2.05) is 0 Å². The Morgan fingerprint density at radius 3 is 1.00 bits per heavy atom. The second-order valence-corrected chi connectivity index (χ2v) is 23.4. The van der Waals surface area contributed by atoms with Gasteiger partial charge < -0.3 is 4.42 Å². The van der Waals surface area contributed by atoms with Gasteiger partial charge in [-0.2, -0.15) is 0 Å². The summed E-state index contributed by atoms with van der Waals surface area (Å²) in [5, 5.41) is 17.5. The van der Waals surface area contributed by atoms with Crippen LogP contribution >= 0.6 is 0 Å². The normalized spacial score (nSPS) is 14.0. The van der Waals surface area contributed by atoms with Gasteiger partial charge in [-0.15, -0.1) is 0 Å². The molecule has 0 saturated carbocycles. The number of hydrogen-bond donors (Lipinski definition) is 0. The van der Waals surface area contributed by atoms with Crippen LogP contribution < -0.4 is 0 Å². The molecule has 15 aromatic rings. The summed E-state index contributed by atoms with van der Waals surface area (Å²) >= 11 is 0. The van der Waals surface area contributed by atoms with Gasteiger partial charge in [0.25, 0.3) is 0 Å². The van der Waals surface area contributed by atoms with Crippen molar-refractivity contribution in [3.63, 3.8) is 0 Å². The third kappa shape index (κ3) is 6.05. The minimum atomic E-state index is -0.373. The van der Waals surface area contributed by atoms with E-state index in [2.05, 4.69) is 270 Å². The van der Waals surface area contributed by atoms with Crippen LogP contribution in [0.5, 0.6) is 0 Å². The summed E-state index contributed by atoms with van der Waals surface area (Å²) < 4.78 is 7.23. The molecular weight excluding hydrogens is 953 g/mol. The highest BCUT2D eigenvalue weighted by atomic mass is 16.3. The zero-order valence-electron chi connectivity index (χ0n) is 44.5. The zero-order chi connectivity index (χ0) is 52.5. The second kappa shape index (κ2) is 16.0. The predicted molar refractivity (Wildman–Crippen MR) is 336 cm³/mol. The Balaban J connectivity index is 0.875. The van der Waals surface area contributed by atoms with Gasteiger partial charge >= 0.3 is 0 Å². The monoisotopic (exact) mass is 1000 g/mol. The SMILES string of the molecule is CC1(C)c2cc(-c3c4ccccc4c(-c4ccc5ccccc5c4)c4ccccc34)ccc2-c2c1c1c(c3c2oc2ccccc23)-c2ccc(-c3c4ccccc4c(-c4ccc5ccccc5c4)c4ccccc34)cc2C1(C)C. The van der Waals surface area contributed by atoms with E-state index in [4.69, 9.17) is 4.42 Å². The van der Waals surface area contributed by atoms with E-state index in [1.54, 1.807) is 0 Å². The first-order valence-corrected chi connectivity index (χ1v) is 27.9. The summed E-state index contributed by atoms with van der Waals surface area (Å²) in [6, 6.07) is 90.9. The van der Waals surface area contributed by atoms with Crippen LogP contribution in [0.15, 0.2) is 247 Å². The third-order valence-electron chi connectivity index (χ3n) is 18.5. The van der Waals surface area contributed by atoms with E-state index < -0.39 is 0 Å². The molecule has 0 saturated heterocycles. The van der Waals surface area contributed by atoms with E-state index >= 15 is 0 Å². The largest absolute Gasteiger partial charge is 0.455 e. The molecule has 0 radical (unpaired) electrons. The van der Waals surface area contributed by atoms with Crippen LogP contribution in [-0.4, -0.2) is 0 Å². The molecule has 0 unspecified atom stereocenters. The van der Waals surface area contributed by atoms with E-state index in [1.165, 1.54) is 159 Å². The molecule has 0 bridgehead atoms. The van der Waals surface area contributed by atoms with Crippen molar-refractivity contribution >= 4 is 86.6 Å². The molecule has 0 N–H and O–H groups in total. The molecule has 0 fully saturated rings. The topological polar surface area (TPSA) is 13.1 Å². The van der Waals surface area contributed by atoms with E-state index in [0.29, 0.717) is 0 Å². The summed E-state index contributed by atoms with van der Waals surface area (Å²) in [7, 11) is 0. The van der Waals surface area contributed by atoms with Crippen LogP contribution in [0.2, 0.25) is 0 Å². The molecule has 17 rings (SSSR count). The summed E-state index contributed by atoms with van der Waals surface area (Å²) in [4.78, 5) is 0. The number of benzene rings is 14. The highest BCUT2D eigenvalue weighted by Gasteiger charge is 2.49. The van der Waals surface area contributed by atoms with Gasteiger partial charge in [0.2, 0.25) is 0 Å². The molecule has 1 nitrogen and oxygen atoms in total. The van der Waals surface area contributed by atoms with Crippen LogP contribution in [0.1, 0.15) is 49.9 Å². The van der Waals surface area contributed by atoms with Crippen molar-refractivity contribution in [2.75, 3.05) is 0 Å². The lowest BCUT2D eigenvalue weighted by atomic mass is 9.71. The minimum absolute atomic E-state index is 0.360. The predicted octanol–water partition coefficient (Wildman–Crippen LogP) is 21.8. The fourth-order valence-electron chi connectivity index (χ4n) is 15.1. The molecule has 1 heteroatoms. The van der Waals surface area contributed by atoms with Crippen molar-refractivity contribution in [2.45, 2.75) is 38.5 Å². The molecule has 370 valence electrons. The first kappa shape index (κ1) is 44.6. The zero-order valence-corrected chi connectivity index (χ0v) is 44.5. The van der Waals surface area contributed by atoms with Crippen molar-refractivity contribution in [3.8, 4) is 66.8 Å². The van der Waals surface area contributed by atoms with E-state index in [9.17, 15) is 0 Å². The molecular formula is C78H52O. The quantitative estimate of drug-likeness (QED) is 0.160. The summed E-state index contributed by atoms with van der Waals surface area (Å²) in [6.45, 7) is 9.90. The molecule has 2 aliphatic rings. The van der Waals surface area contributed by atoms with Gasteiger partial charge in [-0.05, 0) is 178 Å². The number of hydrogen-bond acceptors (Lipinski definition) is 1. The lowest BCUT2D eigenvalue weighted by Gasteiger charge is -2.31. The lowest BCUT2D eigenvalue weighted by molar-refractivity contribution is 0.600. The fraction of sp³-hybridized carbons (Fsp3) is 0.0769. The molecule has 1 aromatic heterocycles. The van der Waals surface area contributed by atoms with Gasteiger partial charge in [-0.25, -0.2) is 0 Å². The third-order valence-corrected chi connectivity index (χ3v) is 18.5. The average molecular weight is 1010 g/mol. The maximum atomic E-state index is 7.23. The number of furan rings is 1. The van der Waals surface area contributed by atoms with Crippen LogP contribution in [-0.2, 0) is 10.8 Å². The molecule has 0 atom stereocenters. The smallest absolute Gasteiger partial charge is 0.144 e. The molecule has 14 aromatic carbocycles. The van der Waals surface area contributed by atoms with Crippen molar-refractivity contribution in [3.05, 3.63) is 265 Å². The van der Waals surface area contributed by atoms with E-state index in [0.717, 1.165) is 16.6 Å². The van der Waals surface area contributed by atoms with Gasteiger partial charge in [0.1, 0.15) is 11.2 Å². The highest BCUT2D eigenvalue weighted by molar-refractivity contribution is 6.25. The highest BCUT2D eigenvalue weighted by Crippen LogP contribution is 2.64. The Kier molecular flexibility index (Phi) is 9.03. The minimum Gasteiger partial charge on any atom is -0.455 e. The maximum Gasteiger partial charge on any atom is 0.144 e. The number of fused-ring (bicyclic) bond motifs is 18. The molecule has 0 aliphatic heterocycles. The van der Waals surface area contributed by atoms with Gasteiger partial charge in [0.05, 0.1) is 0 Å². The Labute approximate surface area is 458 Å². The van der Waals surface area contributed by atoms with Crippen molar-refractivity contribution in [2.24, 2.45) is 0 Å². The molecule has 0 amide bonds. The van der Waals surface area contributed by atoms with Crippen molar-refractivity contribution < 1.29 is 4.42 Å². The van der Waals surface area contributed by atoms with Gasteiger partial charge in [-0.1, -0.05) is 240 Å². The van der Waals surface area contributed by atoms with Crippen LogP contribution in [0.3, 0.4) is 0 Å². The van der Waals surface area contributed by atoms with Gasteiger partial charge in [0.15, 0.2) is 0 Å². The average Bonchev–Trinajstić information content (AvgIpc) is 3.80. The Morgan fingerprint density at radius 1 is 0.266 bits per heavy atom. The molecule has 79 heavy (non-hydrogen) atoms. The standard InChI is InChI=1S/C78H52O/c1-77(2)64-43-51(69-57-27-13-9-23-53(57)67(54-24-10-14-28-58(54)69)49-35-33-45-19-5-7-21-47(45)41-49)37-39-61(64)71-72-63-31-17-18-32-66(63)79-76(72)73-62-40-38-52(44-65(62)78(3,4)75(73)74(71)77)70-59-29-15-11-25-55(59)68(56-26-12-16-30-60(56)70)50-36-34-46-20-6-8-22-48(46)42-50/h5-44H,1-4H3. The molecule has 1 heterocycles. The van der Waals surface area contributed by atoms with Crippen LogP contribution in [0.4, 0.5) is 0 Å². The van der Waals surface area contributed by atoms with Crippen LogP contribution in [0.25, 0.3) is 153 Å². The van der Waals surface area contributed by atoms with Crippen molar-refractivity contribution in [1.82, 2.24) is 0 Å². The maximum absolute atomic E-state index is 7.23. The Morgan fingerprint density at radius 2 is 0.582 bits per heavy atom. The van der Waals surface area contributed by atoms with Gasteiger partial charge in [0, 0.05) is 27.2 Å². The van der Waals surface area contributed by atoms with Crippen molar-refractivity contribution in [1.29, 1.82) is 0 Å².